The van der Waals surface area contributed by atoms with Gasteiger partial charge in [-0.3, -0.25) is 9.59 Å². The average Bonchev–Trinajstić information content (AvgIpc) is 2.70. The molecule has 0 aliphatic carbocycles. The Bertz CT molecular complexity index is 576. The summed E-state index contributed by atoms with van der Waals surface area (Å²) in [6, 6.07) is 4.80. The maximum atomic E-state index is 12.2. The minimum Gasteiger partial charge on any atom is -0.481 e. The van der Waals surface area contributed by atoms with E-state index in [2.05, 4.69) is 15.9 Å². The Labute approximate surface area is 137 Å². The molecular formula is C15H17BrClNO3. The molecule has 1 aromatic carbocycles. The van der Waals surface area contributed by atoms with Crippen molar-refractivity contribution in [1.29, 1.82) is 0 Å². The molecule has 2 rings (SSSR count). The van der Waals surface area contributed by atoms with Crippen molar-refractivity contribution in [3.63, 3.8) is 0 Å². The standard InChI is InChI=1S/C15H17BrClNO3/c1-8(2)7-18-13(19)6-11(15(20)21)14(18)10-5-9(16)3-4-12(10)17/h3-5,8,11,14H,6-7H2,1-2H3,(H,20,21). The van der Waals surface area contributed by atoms with Crippen LogP contribution in [-0.4, -0.2) is 28.4 Å². The van der Waals surface area contributed by atoms with Crippen molar-refractivity contribution in [2.45, 2.75) is 26.3 Å². The predicted molar refractivity (Wildman–Crippen MR) is 84.2 cm³/mol. The molecule has 114 valence electrons. The summed E-state index contributed by atoms with van der Waals surface area (Å²) in [6.45, 7) is 4.53. The molecule has 1 fully saturated rings. The van der Waals surface area contributed by atoms with Crippen LogP contribution in [0.25, 0.3) is 0 Å². The summed E-state index contributed by atoms with van der Waals surface area (Å²) in [5.41, 5.74) is 0.685. The lowest BCUT2D eigenvalue weighted by Gasteiger charge is -2.29. The van der Waals surface area contributed by atoms with Gasteiger partial charge in [0.15, 0.2) is 0 Å². The molecule has 1 aliphatic rings. The number of carboxylic acids is 1. The van der Waals surface area contributed by atoms with Crippen molar-refractivity contribution >= 4 is 39.4 Å². The van der Waals surface area contributed by atoms with Gasteiger partial charge in [0, 0.05) is 22.5 Å². The second kappa shape index (κ2) is 6.36. The molecule has 1 aliphatic heterocycles. The number of benzene rings is 1. The van der Waals surface area contributed by atoms with E-state index < -0.39 is 17.9 Å². The van der Waals surface area contributed by atoms with Gasteiger partial charge >= 0.3 is 5.97 Å². The summed E-state index contributed by atoms with van der Waals surface area (Å²) >= 11 is 9.62. The zero-order valence-electron chi connectivity index (χ0n) is 11.8. The molecule has 1 aromatic rings. The third-order valence-corrected chi connectivity index (χ3v) is 4.42. The van der Waals surface area contributed by atoms with Gasteiger partial charge in [-0.05, 0) is 29.7 Å². The first-order valence-electron chi connectivity index (χ1n) is 6.78. The van der Waals surface area contributed by atoms with Crippen LogP contribution in [0.4, 0.5) is 0 Å². The molecule has 1 N–H and O–H groups in total. The minimum atomic E-state index is -0.962. The van der Waals surface area contributed by atoms with Crippen molar-refractivity contribution in [3.8, 4) is 0 Å². The molecule has 6 heteroatoms. The van der Waals surface area contributed by atoms with Gasteiger partial charge in [-0.25, -0.2) is 0 Å². The number of halogens is 2. The minimum absolute atomic E-state index is 0.0234. The zero-order valence-corrected chi connectivity index (χ0v) is 14.2. The molecule has 0 saturated carbocycles. The average molecular weight is 375 g/mol. The van der Waals surface area contributed by atoms with Crippen LogP contribution in [-0.2, 0) is 9.59 Å². The number of hydrogen-bond acceptors (Lipinski definition) is 2. The number of rotatable bonds is 4. The molecule has 0 radical (unpaired) electrons. The maximum Gasteiger partial charge on any atom is 0.309 e. The normalized spacial score (nSPS) is 22.1. The molecule has 1 saturated heterocycles. The van der Waals surface area contributed by atoms with Crippen LogP contribution in [0.2, 0.25) is 5.02 Å². The Morgan fingerprint density at radius 1 is 1.52 bits per heavy atom. The van der Waals surface area contributed by atoms with Crippen LogP contribution >= 0.6 is 27.5 Å². The second-order valence-corrected chi connectivity index (χ2v) is 7.02. The Kier molecular flexibility index (Phi) is 4.94. The van der Waals surface area contributed by atoms with E-state index in [1.165, 1.54) is 0 Å². The van der Waals surface area contributed by atoms with Crippen molar-refractivity contribution < 1.29 is 14.7 Å². The van der Waals surface area contributed by atoms with E-state index in [4.69, 9.17) is 11.6 Å². The molecule has 2 unspecified atom stereocenters. The molecule has 4 nitrogen and oxygen atoms in total. The van der Waals surface area contributed by atoms with Crippen molar-refractivity contribution in [1.82, 2.24) is 4.90 Å². The molecular weight excluding hydrogens is 358 g/mol. The number of carbonyl (C=O) groups is 2. The number of carbonyl (C=O) groups excluding carboxylic acids is 1. The number of nitrogens with zero attached hydrogens (tertiary/aromatic N) is 1. The van der Waals surface area contributed by atoms with E-state index in [9.17, 15) is 14.7 Å². The van der Waals surface area contributed by atoms with Crippen molar-refractivity contribution in [3.05, 3.63) is 33.3 Å². The molecule has 0 spiro atoms. The Balaban J connectivity index is 2.48. The van der Waals surface area contributed by atoms with Crippen LogP contribution < -0.4 is 0 Å². The summed E-state index contributed by atoms with van der Waals surface area (Å²) in [4.78, 5) is 25.4. The third-order valence-electron chi connectivity index (χ3n) is 3.59. The fourth-order valence-electron chi connectivity index (χ4n) is 2.75. The van der Waals surface area contributed by atoms with Crippen molar-refractivity contribution in [2.24, 2.45) is 11.8 Å². The first-order valence-corrected chi connectivity index (χ1v) is 7.95. The zero-order chi connectivity index (χ0) is 15.7. The first-order chi connectivity index (χ1) is 9.81. The van der Waals surface area contributed by atoms with Gasteiger partial charge in [-0.1, -0.05) is 41.4 Å². The lowest BCUT2D eigenvalue weighted by atomic mass is 9.93. The number of aliphatic carboxylic acids is 1. The molecule has 0 aromatic heterocycles. The van der Waals surface area contributed by atoms with E-state index >= 15 is 0 Å². The van der Waals surface area contributed by atoms with E-state index in [-0.39, 0.29) is 18.2 Å². The van der Waals surface area contributed by atoms with Crippen molar-refractivity contribution in [2.75, 3.05) is 6.54 Å². The molecule has 1 heterocycles. The number of likely N-dealkylation sites (tertiary alicyclic amines) is 1. The van der Waals surface area contributed by atoms with E-state index in [0.717, 1.165) is 4.47 Å². The summed E-state index contributed by atoms with van der Waals surface area (Å²) in [7, 11) is 0. The second-order valence-electron chi connectivity index (χ2n) is 5.70. The Morgan fingerprint density at radius 3 is 2.76 bits per heavy atom. The number of hydrogen-bond donors (Lipinski definition) is 1. The largest absolute Gasteiger partial charge is 0.481 e. The van der Waals surface area contributed by atoms with Crippen LogP contribution in [0.15, 0.2) is 22.7 Å². The fraction of sp³-hybridized carbons (Fsp3) is 0.467. The third kappa shape index (κ3) is 3.40. The number of carboxylic acid groups (broad SMARTS) is 1. The molecule has 0 bridgehead atoms. The highest BCUT2D eigenvalue weighted by molar-refractivity contribution is 9.10. The van der Waals surface area contributed by atoms with Gasteiger partial charge < -0.3 is 10.0 Å². The number of amides is 1. The Hall–Kier alpha value is -1.07. The predicted octanol–water partition coefficient (Wildman–Crippen LogP) is 3.73. The topological polar surface area (TPSA) is 57.6 Å². The SMILES string of the molecule is CC(C)CN1C(=O)CC(C(=O)O)C1c1cc(Br)ccc1Cl. The highest BCUT2D eigenvalue weighted by atomic mass is 79.9. The van der Waals surface area contributed by atoms with Gasteiger partial charge in [0.1, 0.15) is 0 Å². The van der Waals surface area contributed by atoms with Gasteiger partial charge in [-0.15, -0.1) is 0 Å². The van der Waals surface area contributed by atoms with Crippen LogP contribution in [0.3, 0.4) is 0 Å². The van der Waals surface area contributed by atoms with Gasteiger partial charge in [0.2, 0.25) is 5.91 Å². The van der Waals surface area contributed by atoms with Gasteiger partial charge in [0.25, 0.3) is 0 Å². The lowest BCUT2D eigenvalue weighted by molar-refractivity contribution is -0.142. The summed E-state index contributed by atoms with van der Waals surface area (Å²) < 4.78 is 0.815. The van der Waals surface area contributed by atoms with E-state index in [0.29, 0.717) is 17.1 Å². The molecule has 21 heavy (non-hydrogen) atoms. The van der Waals surface area contributed by atoms with Crippen LogP contribution in [0.5, 0.6) is 0 Å². The van der Waals surface area contributed by atoms with Gasteiger partial charge in [-0.2, -0.15) is 0 Å². The maximum absolute atomic E-state index is 12.2. The quantitative estimate of drug-likeness (QED) is 0.873. The van der Waals surface area contributed by atoms with Crippen LogP contribution in [0.1, 0.15) is 31.9 Å². The molecule has 1 amide bonds. The van der Waals surface area contributed by atoms with E-state index in [1.54, 1.807) is 23.1 Å². The summed E-state index contributed by atoms with van der Waals surface area (Å²) in [6.07, 6.45) is 0.0234. The van der Waals surface area contributed by atoms with Gasteiger partial charge in [0.05, 0.1) is 12.0 Å². The van der Waals surface area contributed by atoms with E-state index in [1.807, 2.05) is 13.8 Å². The highest BCUT2D eigenvalue weighted by Crippen LogP contribution is 2.42. The Morgan fingerprint density at radius 2 is 2.19 bits per heavy atom. The summed E-state index contributed by atoms with van der Waals surface area (Å²) in [5.74, 6) is -1.59. The lowest BCUT2D eigenvalue weighted by Crippen LogP contribution is -2.33. The molecule has 2 atom stereocenters. The first kappa shape index (κ1) is 16.3. The smallest absolute Gasteiger partial charge is 0.309 e. The fourth-order valence-corrected chi connectivity index (χ4v) is 3.35. The summed E-state index contributed by atoms with van der Waals surface area (Å²) in [5, 5.41) is 9.93. The van der Waals surface area contributed by atoms with Crippen LogP contribution in [0, 0.1) is 11.8 Å². The highest BCUT2D eigenvalue weighted by Gasteiger charge is 2.45. The monoisotopic (exact) mass is 373 g/mol.